The number of aliphatic carboxylic acids is 4. The van der Waals surface area contributed by atoms with Gasteiger partial charge in [0.05, 0.1) is 47.3 Å². The first-order chi connectivity index (χ1) is 42.1. The summed E-state index contributed by atoms with van der Waals surface area (Å²) in [6.07, 6.45) is 16.7. The van der Waals surface area contributed by atoms with Gasteiger partial charge in [-0.05, 0) is 269 Å². The summed E-state index contributed by atoms with van der Waals surface area (Å²) in [6, 6.07) is 29.1. The largest absolute Gasteiger partial charge is 0.481 e. The average Bonchev–Trinajstić information content (AvgIpc) is 1.56. The van der Waals surface area contributed by atoms with Crippen molar-refractivity contribution in [1.29, 1.82) is 0 Å². The summed E-state index contributed by atoms with van der Waals surface area (Å²) < 4.78 is 2.85. The summed E-state index contributed by atoms with van der Waals surface area (Å²) in [4.78, 5) is 97.8. The van der Waals surface area contributed by atoms with Gasteiger partial charge in [0.1, 0.15) is 0 Å². The van der Waals surface area contributed by atoms with E-state index in [9.17, 15) is 58.8 Å². The summed E-state index contributed by atoms with van der Waals surface area (Å²) in [5.74, 6) is -5.42. The monoisotopic (exact) mass is 1410 g/mol. The second-order valence-corrected chi connectivity index (χ2v) is 30.8. The molecule has 88 heavy (non-hydrogen) atoms. The summed E-state index contributed by atoms with van der Waals surface area (Å²) in [5, 5.41) is 50.8. The van der Waals surface area contributed by atoms with Crippen LogP contribution in [0.5, 0.6) is 0 Å². The number of hydrogen-bond acceptors (Lipinski definition) is 8. The van der Waals surface area contributed by atoms with Gasteiger partial charge in [0.2, 0.25) is 23.6 Å². The Balaban J connectivity index is 0.000000108. The van der Waals surface area contributed by atoms with Crippen molar-refractivity contribution in [3.8, 4) is 0 Å². The Morgan fingerprint density at radius 1 is 0.307 bits per heavy atom. The number of carbonyl (C=O) groups excluding carboxylic acids is 4. The van der Waals surface area contributed by atoms with Crippen molar-refractivity contribution < 1.29 is 58.8 Å². The second kappa shape index (κ2) is 23.2. The van der Waals surface area contributed by atoms with E-state index >= 15 is 0 Å². The van der Waals surface area contributed by atoms with Crippen LogP contribution in [0.15, 0.2) is 110 Å². The lowest BCUT2D eigenvalue weighted by atomic mass is 9.78. The van der Waals surface area contributed by atoms with E-state index in [2.05, 4.69) is 69.1 Å². The summed E-state index contributed by atoms with van der Waals surface area (Å²) in [5.41, 5.74) is 3.52. The molecule has 4 amide bonds. The lowest BCUT2D eigenvalue weighted by Gasteiger charge is -2.26. The summed E-state index contributed by atoms with van der Waals surface area (Å²) in [7, 11) is 0. The fourth-order valence-corrected chi connectivity index (χ4v) is 21.3. The van der Waals surface area contributed by atoms with Crippen LogP contribution in [0.1, 0.15) is 103 Å². The van der Waals surface area contributed by atoms with E-state index in [1.54, 1.807) is 24.3 Å². The standard InChI is InChI=1S/3C17H18BrNO3.C17H18ClNO3/c4*18-9-1-3-10(4-2-9)19-15(20)13-11-5-6-12(14(13)16(21)22)17(11)7-8-17/h4*1-4,11-14H,5-8H2,(H,19,20)(H,21,22). The van der Waals surface area contributed by atoms with Gasteiger partial charge in [-0.3, -0.25) is 38.4 Å². The third-order valence-corrected chi connectivity index (χ3v) is 26.0. The van der Waals surface area contributed by atoms with Crippen LogP contribution in [-0.4, -0.2) is 67.9 Å². The zero-order valence-corrected chi connectivity index (χ0v) is 53.9. The highest BCUT2D eigenvalue weighted by molar-refractivity contribution is 9.11. The van der Waals surface area contributed by atoms with Crippen LogP contribution in [0, 0.1) is 116 Å². The molecule has 12 fully saturated rings. The normalized spacial score (nSPS) is 33.9. The molecule has 8 bridgehead atoms. The van der Waals surface area contributed by atoms with Gasteiger partial charge in [0.15, 0.2) is 0 Å². The molecule has 16 atom stereocenters. The number of carboxylic acid groups (broad SMARTS) is 4. The molecule has 4 aromatic rings. The van der Waals surface area contributed by atoms with E-state index in [-0.39, 0.29) is 110 Å². The van der Waals surface area contributed by atoms with Gasteiger partial charge < -0.3 is 41.7 Å². The molecule has 0 saturated heterocycles. The van der Waals surface area contributed by atoms with Crippen molar-refractivity contribution >= 4 is 130 Å². The molecule has 16 unspecified atom stereocenters. The molecule has 20 heteroatoms. The smallest absolute Gasteiger partial charge is 0.307 e. The molecule has 0 aromatic heterocycles. The maximum absolute atomic E-state index is 12.7. The zero-order chi connectivity index (χ0) is 61.9. The zero-order valence-electron chi connectivity index (χ0n) is 48.4. The van der Waals surface area contributed by atoms with Gasteiger partial charge >= 0.3 is 23.9 Å². The first-order valence-electron chi connectivity index (χ1n) is 31.3. The molecule has 12 aliphatic rings. The van der Waals surface area contributed by atoms with Gasteiger partial charge in [-0.2, -0.15) is 0 Å². The minimum absolute atomic E-state index is 0.117. The first-order valence-corrected chi connectivity index (χ1v) is 34.0. The number of carbonyl (C=O) groups is 8. The van der Waals surface area contributed by atoms with Gasteiger partial charge in [-0.25, -0.2) is 0 Å². The number of halogens is 4. The fraction of sp³-hybridized carbons (Fsp3) is 0.529. The molecule has 12 aliphatic carbocycles. The van der Waals surface area contributed by atoms with Crippen molar-refractivity contribution in [1.82, 2.24) is 0 Å². The number of rotatable bonds is 12. The Labute approximate surface area is 540 Å². The number of hydrogen-bond donors (Lipinski definition) is 8. The van der Waals surface area contributed by atoms with Gasteiger partial charge in [-0.1, -0.05) is 59.4 Å². The van der Waals surface area contributed by atoms with Gasteiger partial charge in [0.25, 0.3) is 0 Å². The first kappa shape index (κ1) is 61.2. The number of carboxylic acids is 4. The number of nitrogens with one attached hydrogen (secondary N) is 4. The maximum atomic E-state index is 12.7. The maximum Gasteiger partial charge on any atom is 0.307 e. The van der Waals surface area contributed by atoms with Crippen LogP contribution in [0.25, 0.3) is 0 Å². The molecule has 464 valence electrons. The lowest BCUT2D eigenvalue weighted by Crippen LogP contribution is -2.37. The molecule has 4 spiro atoms. The van der Waals surface area contributed by atoms with E-state index in [0.717, 1.165) is 133 Å². The van der Waals surface area contributed by atoms with E-state index in [0.29, 0.717) is 10.7 Å². The fourth-order valence-electron chi connectivity index (χ4n) is 20.4. The second-order valence-electron chi connectivity index (χ2n) is 27.6. The number of amides is 4. The van der Waals surface area contributed by atoms with Crippen molar-refractivity contribution in [3.05, 3.63) is 116 Å². The third-order valence-electron chi connectivity index (χ3n) is 24.2. The van der Waals surface area contributed by atoms with Gasteiger partial charge in [-0.15, -0.1) is 0 Å². The van der Waals surface area contributed by atoms with Crippen molar-refractivity contribution in [2.45, 2.75) is 103 Å². The van der Waals surface area contributed by atoms with E-state index in [1.807, 2.05) is 72.8 Å². The van der Waals surface area contributed by atoms with Crippen molar-refractivity contribution in [2.75, 3.05) is 21.3 Å². The van der Waals surface area contributed by atoms with Crippen LogP contribution in [-0.2, 0) is 38.4 Å². The Morgan fingerprint density at radius 2 is 0.477 bits per heavy atom. The van der Waals surface area contributed by atoms with E-state index < -0.39 is 53.5 Å². The SMILES string of the molecule is O=C(O)C1C(C(=O)Nc2ccc(Br)cc2)C2CCC1C21CC1.O=C(O)C1C(C(=O)Nc2ccc(Br)cc2)C2CCC1C21CC1.O=C(O)C1C(C(=O)Nc2ccc(Br)cc2)C2CCC1C21CC1.O=C(O)C1C(C(=O)Nc2ccc(Cl)cc2)C2CCC1C21CC1. The highest BCUT2D eigenvalue weighted by atomic mass is 79.9. The van der Waals surface area contributed by atoms with Crippen LogP contribution < -0.4 is 21.3 Å². The van der Waals surface area contributed by atoms with Crippen LogP contribution in [0.4, 0.5) is 22.7 Å². The Bertz CT molecular complexity index is 3010. The highest BCUT2D eigenvalue weighted by Gasteiger charge is 2.75. The molecule has 0 heterocycles. The predicted molar refractivity (Wildman–Crippen MR) is 338 cm³/mol. The Kier molecular flexibility index (Phi) is 16.2. The highest BCUT2D eigenvalue weighted by Crippen LogP contribution is 2.78. The molecular weight excluding hydrogens is 1340 g/mol. The summed E-state index contributed by atoms with van der Waals surface area (Å²) >= 11 is 15.9. The molecule has 0 radical (unpaired) electrons. The van der Waals surface area contributed by atoms with Crippen molar-refractivity contribution in [3.63, 3.8) is 0 Å². The molecule has 12 saturated carbocycles. The molecule has 16 rings (SSSR count). The topological polar surface area (TPSA) is 266 Å². The van der Waals surface area contributed by atoms with E-state index in [4.69, 9.17) is 11.6 Å². The number of benzene rings is 4. The molecular formula is C68H72Br3ClN4O12. The molecule has 4 aromatic carbocycles. The molecule has 8 N–H and O–H groups in total. The molecule has 0 aliphatic heterocycles. The average molecular weight is 1410 g/mol. The number of anilines is 4. The van der Waals surface area contributed by atoms with Gasteiger partial charge in [0, 0.05) is 41.2 Å². The minimum atomic E-state index is -0.810. The van der Waals surface area contributed by atoms with Crippen LogP contribution in [0.3, 0.4) is 0 Å². The van der Waals surface area contributed by atoms with Crippen molar-refractivity contribution in [2.24, 2.45) is 116 Å². The van der Waals surface area contributed by atoms with Crippen LogP contribution in [0.2, 0.25) is 5.02 Å². The minimum Gasteiger partial charge on any atom is -0.481 e. The quantitative estimate of drug-likeness (QED) is 0.0658. The third kappa shape index (κ3) is 10.6. The summed E-state index contributed by atoms with van der Waals surface area (Å²) in [6.45, 7) is 0. The molecule has 16 nitrogen and oxygen atoms in total. The Hall–Kier alpha value is -5.63. The van der Waals surface area contributed by atoms with Crippen LogP contribution >= 0.6 is 59.4 Å². The lowest BCUT2D eigenvalue weighted by molar-refractivity contribution is -0.148. The Morgan fingerprint density at radius 3 is 0.648 bits per heavy atom. The van der Waals surface area contributed by atoms with E-state index in [1.165, 1.54) is 0 Å². The predicted octanol–water partition coefficient (Wildman–Crippen LogP) is 14.0.